The zero-order valence-electron chi connectivity index (χ0n) is 14.9. The van der Waals surface area contributed by atoms with Gasteiger partial charge >= 0.3 is 6.03 Å². The Hall–Kier alpha value is -3.15. The molecule has 0 radical (unpaired) electrons. The fourth-order valence-corrected chi connectivity index (χ4v) is 3.75. The van der Waals surface area contributed by atoms with Gasteiger partial charge in [-0.1, -0.05) is 54.6 Å². The SMILES string of the molecule is O=C1NC(=O)C2(CCN(C(=O)Cc3ccc(-c4ccccc4)cc3)CC2)N1. The third kappa shape index (κ3) is 3.43. The molecule has 0 aliphatic carbocycles. The van der Waals surface area contributed by atoms with Crippen LogP contribution in [0.3, 0.4) is 0 Å². The molecule has 0 aromatic heterocycles. The first-order chi connectivity index (χ1) is 13.1. The van der Waals surface area contributed by atoms with Crippen molar-refractivity contribution < 1.29 is 14.4 Å². The van der Waals surface area contributed by atoms with E-state index in [1.165, 1.54) is 0 Å². The van der Waals surface area contributed by atoms with E-state index in [1.807, 2.05) is 42.5 Å². The van der Waals surface area contributed by atoms with Crippen molar-refractivity contribution in [2.75, 3.05) is 13.1 Å². The van der Waals surface area contributed by atoms with E-state index in [0.29, 0.717) is 32.4 Å². The molecule has 2 aromatic rings. The van der Waals surface area contributed by atoms with Crippen molar-refractivity contribution in [2.45, 2.75) is 24.8 Å². The van der Waals surface area contributed by atoms with Gasteiger partial charge in [-0.3, -0.25) is 14.9 Å². The lowest BCUT2D eigenvalue weighted by atomic mass is 9.87. The third-order valence-electron chi connectivity index (χ3n) is 5.40. The summed E-state index contributed by atoms with van der Waals surface area (Å²) in [7, 11) is 0. The predicted octanol–water partition coefficient (Wildman–Crippen LogP) is 2.10. The topological polar surface area (TPSA) is 78.5 Å². The molecule has 2 saturated heterocycles. The predicted molar refractivity (Wildman–Crippen MR) is 101 cm³/mol. The highest BCUT2D eigenvalue weighted by atomic mass is 16.2. The number of likely N-dealkylation sites (tertiary alicyclic amines) is 1. The van der Waals surface area contributed by atoms with Gasteiger partial charge in [0, 0.05) is 13.1 Å². The summed E-state index contributed by atoms with van der Waals surface area (Å²) in [6.07, 6.45) is 1.23. The summed E-state index contributed by atoms with van der Waals surface area (Å²) in [6, 6.07) is 17.7. The smallest absolute Gasteiger partial charge is 0.322 e. The van der Waals surface area contributed by atoms with E-state index in [9.17, 15) is 14.4 Å². The van der Waals surface area contributed by atoms with Crippen LogP contribution in [0.4, 0.5) is 4.79 Å². The van der Waals surface area contributed by atoms with E-state index >= 15 is 0 Å². The number of piperidine rings is 1. The number of hydrogen-bond acceptors (Lipinski definition) is 3. The van der Waals surface area contributed by atoms with Crippen LogP contribution in [-0.4, -0.2) is 41.4 Å². The van der Waals surface area contributed by atoms with Gasteiger partial charge in [0.1, 0.15) is 5.54 Å². The van der Waals surface area contributed by atoms with Crippen LogP contribution in [0.1, 0.15) is 18.4 Å². The number of carbonyl (C=O) groups is 3. The molecule has 0 atom stereocenters. The number of hydrogen-bond donors (Lipinski definition) is 2. The highest BCUT2D eigenvalue weighted by molar-refractivity contribution is 6.07. The molecule has 2 aliphatic heterocycles. The van der Waals surface area contributed by atoms with E-state index in [-0.39, 0.29) is 11.8 Å². The second-order valence-electron chi connectivity index (χ2n) is 7.11. The second-order valence-corrected chi connectivity index (χ2v) is 7.11. The van der Waals surface area contributed by atoms with Crippen LogP contribution in [0.15, 0.2) is 54.6 Å². The molecule has 2 fully saturated rings. The molecule has 2 heterocycles. The van der Waals surface area contributed by atoms with Gasteiger partial charge in [-0.05, 0) is 29.5 Å². The molecule has 6 heteroatoms. The number of carbonyl (C=O) groups excluding carboxylic acids is 3. The summed E-state index contributed by atoms with van der Waals surface area (Å²) < 4.78 is 0. The van der Waals surface area contributed by atoms with Crippen LogP contribution in [-0.2, 0) is 16.0 Å². The molecule has 0 saturated carbocycles. The van der Waals surface area contributed by atoms with Crippen molar-refractivity contribution in [2.24, 2.45) is 0 Å². The molecule has 2 aliphatic rings. The van der Waals surface area contributed by atoms with Crippen LogP contribution in [0, 0.1) is 0 Å². The zero-order chi connectivity index (χ0) is 18.9. The van der Waals surface area contributed by atoms with Gasteiger partial charge < -0.3 is 10.2 Å². The van der Waals surface area contributed by atoms with Gasteiger partial charge in [0.15, 0.2) is 0 Å². The number of nitrogens with one attached hydrogen (secondary N) is 2. The zero-order valence-corrected chi connectivity index (χ0v) is 14.9. The average molecular weight is 363 g/mol. The summed E-state index contributed by atoms with van der Waals surface area (Å²) in [5.41, 5.74) is 2.39. The Morgan fingerprint density at radius 1 is 0.926 bits per heavy atom. The maximum absolute atomic E-state index is 12.6. The molecule has 138 valence electrons. The first-order valence-electron chi connectivity index (χ1n) is 9.11. The van der Waals surface area contributed by atoms with Crippen LogP contribution >= 0.6 is 0 Å². The van der Waals surface area contributed by atoms with Crippen molar-refractivity contribution >= 4 is 17.8 Å². The van der Waals surface area contributed by atoms with Gasteiger partial charge in [0.05, 0.1) is 6.42 Å². The van der Waals surface area contributed by atoms with E-state index in [4.69, 9.17) is 0 Å². The van der Waals surface area contributed by atoms with Crippen LogP contribution in [0.2, 0.25) is 0 Å². The lowest BCUT2D eigenvalue weighted by Crippen LogP contribution is -2.55. The minimum Gasteiger partial charge on any atom is -0.342 e. The molecule has 4 rings (SSSR count). The molecular formula is C21H21N3O3. The maximum Gasteiger partial charge on any atom is 0.322 e. The van der Waals surface area contributed by atoms with Gasteiger partial charge in [-0.25, -0.2) is 4.79 Å². The minimum atomic E-state index is -0.842. The molecule has 6 nitrogen and oxygen atoms in total. The standard InChI is InChI=1S/C21H21N3O3/c25-18(24-12-10-21(11-13-24)19(26)22-20(27)23-21)14-15-6-8-17(9-7-15)16-4-2-1-3-5-16/h1-9H,10-14H2,(H2,22,23,26,27). The molecule has 2 N–H and O–H groups in total. The molecule has 27 heavy (non-hydrogen) atoms. The Morgan fingerprint density at radius 2 is 1.56 bits per heavy atom. The molecule has 4 amide bonds. The van der Waals surface area contributed by atoms with Crippen molar-refractivity contribution in [1.82, 2.24) is 15.5 Å². The molecule has 2 aromatic carbocycles. The molecular weight excluding hydrogens is 342 g/mol. The summed E-state index contributed by atoms with van der Waals surface area (Å²) in [4.78, 5) is 37.8. The van der Waals surface area contributed by atoms with E-state index in [2.05, 4.69) is 22.8 Å². The van der Waals surface area contributed by atoms with Crippen LogP contribution in [0.25, 0.3) is 11.1 Å². The Bertz CT molecular complexity index is 869. The van der Waals surface area contributed by atoms with Crippen molar-refractivity contribution in [3.05, 3.63) is 60.2 Å². The molecule has 0 unspecified atom stereocenters. The minimum absolute atomic E-state index is 0.0436. The quantitative estimate of drug-likeness (QED) is 0.820. The highest BCUT2D eigenvalue weighted by Crippen LogP contribution is 2.26. The van der Waals surface area contributed by atoms with Crippen molar-refractivity contribution in [3.8, 4) is 11.1 Å². The van der Waals surface area contributed by atoms with Crippen LogP contribution < -0.4 is 10.6 Å². The van der Waals surface area contributed by atoms with Gasteiger partial charge in [-0.15, -0.1) is 0 Å². The molecule has 0 bridgehead atoms. The Labute approximate surface area is 157 Å². The first kappa shape index (κ1) is 17.3. The number of benzene rings is 2. The average Bonchev–Trinajstić information content (AvgIpc) is 2.96. The highest BCUT2D eigenvalue weighted by Gasteiger charge is 2.48. The Kier molecular flexibility index (Phi) is 4.39. The number of imide groups is 1. The fourth-order valence-electron chi connectivity index (χ4n) is 3.75. The number of amides is 4. The second kappa shape index (κ2) is 6.87. The Morgan fingerprint density at radius 3 is 2.15 bits per heavy atom. The van der Waals surface area contributed by atoms with E-state index in [1.54, 1.807) is 4.90 Å². The first-order valence-corrected chi connectivity index (χ1v) is 9.11. The summed E-state index contributed by atoms with van der Waals surface area (Å²) in [6.45, 7) is 0.934. The van der Waals surface area contributed by atoms with E-state index in [0.717, 1.165) is 16.7 Å². The number of nitrogens with zero attached hydrogens (tertiary/aromatic N) is 1. The lowest BCUT2D eigenvalue weighted by Gasteiger charge is -2.37. The third-order valence-corrected chi connectivity index (χ3v) is 5.40. The van der Waals surface area contributed by atoms with Gasteiger partial charge in [0.2, 0.25) is 5.91 Å². The monoisotopic (exact) mass is 363 g/mol. The maximum atomic E-state index is 12.6. The lowest BCUT2D eigenvalue weighted by molar-refractivity contribution is -0.135. The number of urea groups is 1. The summed E-state index contributed by atoms with van der Waals surface area (Å²) in [5, 5.41) is 5.00. The van der Waals surface area contributed by atoms with Crippen molar-refractivity contribution in [3.63, 3.8) is 0 Å². The molecule has 1 spiro atoms. The van der Waals surface area contributed by atoms with Gasteiger partial charge in [0.25, 0.3) is 5.91 Å². The van der Waals surface area contributed by atoms with Gasteiger partial charge in [-0.2, -0.15) is 0 Å². The fraction of sp³-hybridized carbons (Fsp3) is 0.286. The number of rotatable bonds is 3. The van der Waals surface area contributed by atoms with Crippen molar-refractivity contribution in [1.29, 1.82) is 0 Å². The van der Waals surface area contributed by atoms with E-state index < -0.39 is 11.6 Å². The normalized spacial score (nSPS) is 18.3. The van der Waals surface area contributed by atoms with Crippen LogP contribution in [0.5, 0.6) is 0 Å². The Balaban J connectivity index is 1.36. The summed E-state index contributed by atoms with van der Waals surface area (Å²) in [5.74, 6) is -0.238. The summed E-state index contributed by atoms with van der Waals surface area (Å²) >= 11 is 0. The largest absolute Gasteiger partial charge is 0.342 e.